The number of carbonyl (C=O) groups excluding carboxylic acids is 1. The third-order valence-corrected chi connectivity index (χ3v) is 15.8. The second kappa shape index (κ2) is 12.8. The predicted octanol–water partition coefficient (Wildman–Crippen LogP) is 8.51. The van der Waals surface area contributed by atoms with Gasteiger partial charge in [0.2, 0.25) is 0 Å². The zero-order valence-corrected chi connectivity index (χ0v) is 29.6. The molecule has 3 aromatic carbocycles. The highest BCUT2D eigenvalue weighted by molar-refractivity contribution is 9.12. The molecule has 1 aliphatic carbocycles. The van der Waals surface area contributed by atoms with Crippen LogP contribution >= 0.6 is 15.9 Å². The maximum atomic E-state index is 13.5. The average Bonchev–Trinajstić information content (AvgIpc) is 2.97. The number of ketones is 1. The third kappa shape index (κ3) is 6.51. The fourth-order valence-electron chi connectivity index (χ4n) is 6.09. The van der Waals surface area contributed by atoms with Crippen LogP contribution in [0.2, 0.25) is 24.7 Å². The number of methoxy groups -OCH3 is 1. The third-order valence-electron chi connectivity index (χ3n) is 8.15. The summed E-state index contributed by atoms with van der Waals surface area (Å²) in [6, 6.07) is 26.7. The largest absolute Gasteiger partial charge is 0.496 e. The second-order valence-electron chi connectivity index (χ2n) is 13.0. The van der Waals surface area contributed by atoms with Crippen molar-refractivity contribution in [2.75, 3.05) is 13.7 Å². The Balaban J connectivity index is 1.90. The summed E-state index contributed by atoms with van der Waals surface area (Å²) in [5.74, 6) is 0.625. The van der Waals surface area contributed by atoms with E-state index in [1.54, 1.807) is 19.2 Å². The van der Waals surface area contributed by atoms with Crippen molar-refractivity contribution in [3.05, 3.63) is 117 Å². The molecule has 3 aromatic rings. The Kier molecular flexibility index (Phi) is 9.74. The van der Waals surface area contributed by atoms with Crippen LogP contribution in [0.3, 0.4) is 0 Å². The lowest BCUT2D eigenvalue weighted by Crippen LogP contribution is -2.66. The Morgan fingerprint density at radius 1 is 0.930 bits per heavy atom. The molecule has 0 N–H and O–H groups in total. The Labute approximate surface area is 265 Å². The summed E-state index contributed by atoms with van der Waals surface area (Å²) < 4.78 is 13.7. The number of nitrogens with zero attached hydrogens (tertiary/aromatic N) is 3. The normalized spacial score (nSPS) is 17.5. The minimum atomic E-state index is -2.79. The average molecular weight is 675 g/mol. The van der Waals surface area contributed by atoms with Crippen LogP contribution in [0, 0.1) is 0 Å². The zero-order valence-electron chi connectivity index (χ0n) is 26.0. The monoisotopic (exact) mass is 673 g/mol. The number of allylic oxidation sites excluding steroid dienone is 4. The molecule has 0 saturated carbocycles. The minimum absolute atomic E-state index is 0.0346. The first-order valence-electron chi connectivity index (χ1n) is 14.4. The van der Waals surface area contributed by atoms with Crippen molar-refractivity contribution in [2.24, 2.45) is 5.11 Å². The van der Waals surface area contributed by atoms with E-state index in [0.29, 0.717) is 28.9 Å². The van der Waals surface area contributed by atoms with Crippen molar-refractivity contribution in [1.82, 2.24) is 0 Å². The zero-order chi connectivity index (χ0) is 31.5. The number of azide groups is 1. The van der Waals surface area contributed by atoms with Gasteiger partial charge in [0, 0.05) is 28.2 Å². The smallest absolute Gasteiger partial charge is 0.261 e. The van der Waals surface area contributed by atoms with Crippen LogP contribution in [-0.2, 0) is 14.6 Å². The second-order valence-corrected chi connectivity index (χ2v) is 23.2. The van der Waals surface area contributed by atoms with Crippen LogP contribution in [0.25, 0.3) is 10.4 Å². The van der Waals surface area contributed by atoms with Crippen LogP contribution in [0.15, 0.2) is 106 Å². The number of carbonyl (C=O) groups is 1. The summed E-state index contributed by atoms with van der Waals surface area (Å²) in [4.78, 5) is 16.4. The summed E-state index contributed by atoms with van der Waals surface area (Å²) in [5.41, 5.74) is 9.68. The maximum absolute atomic E-state index is 13.5. The van der Waals surface area contributed by atoms with Crippen molar-refractivity contribution in [2.45, 2.75) is 57.3 Å². The molecule has 1 unspecified atom stereocenters. The van der Waals surface area contributed by atoms with Gasteiger partial charge in [-0.05, 0) is 54.6 Å². The van der Waals surface area contributed by atoms with Gasteiger partial charge < -0.3 is 9.16 Å². The molecule has 0 aliphatic heterocycles. The molecule has 6 nitrogen and oxygen atoms in total. The number of Topliss-reactive ketones (excluding diaryl/α,β-unsaturated/α-hetero) is 1. The van der Waals surface area contributed by atoms with Gasteiger partial charge in [-0.15, -0.1) is 0 Å². The van der Waals surface area contributed by atoms with Gasteiger partial charge in [-0.2, -0.15) is 0 Å². The van der Waals surface area contributed by atoms with E-state index in [1.807, 2.05) is 24.3 Å². The molecule has 0 heterocycles. The van der Waals surface area contributed by atoms with Crippen LogP contribution in [0.1, 0.15) is 32.8 Å². The van der Waals surface area contributed by atoms with E-state index >= 15 is 0 Å². The maximum Gasteiger partial charge on any atom is 0.261 e. The van der Waals surface area contributed by atoms with Crippen LogP contribution < -0.4 is 15.1 Å². The summed E-state index contributed by atoms with van der Waals surface area (Å²) in [6.45, 7) is 13.8. The van der Waals surface area contributed by atoms with Crippen molar-refractivity contribution in [1.29, 1.82) is 0 Å². The number of rotatable bonds is 10. The van der Waals surface area contributed by atoms with E-state index < -0.39 is 21.8 Å². The molecule has 43 heavy (non-hydrogen) atoms. The van der Waals surface area contributed by atoms with E-state index in [9.17, 15) is 4.79 Å². The van der Waals surface area contributed by atoms with Gasteiger partial charge in [-0.3, -0.25) is 4.79 Å². The lowest BCUT2D eigenvalue weighted by atomic mass is 9.74. The van der Waals surface area contributed by atoms with Crippen LogP contribution in [0.5, 0.6) is 5.75 Å². The molecule has 224 valence electrons. The van der Waals surface area contributed by atoms with Crippen molar-refractivity contribution < 1.29 is 14.0 Å². The number of halogens is 1. The lowest BCUT2D eigenvalue weighted by molar-refractivity contribution is -0.111. The fraction of sp³-hybridized carbons (Fsp3) is 0.324. The highest BCUT2D eigenvalue weighted by Gasteiger charge is 2.50. The Morgan fingerprint density at radius 2 is 1.51 bits per heavy atom. The quantitative estimate of drug-likeness (QED) is 0.0936. The topological polar surface area (TPSA) is 84.3 Å². The molecule has 0 fully saturated rings. The first-order chi connectivity index (χ1) is 20.3. The molecular weight excluding hydrogens is 634 g/mol. The molecule has 1 aliphatic rings. The molecule has 0 aromatic heterocycles. The van der Waals surface area contributed by atoms with Gasteiger partial charge >= 0.3 is 0 Å². The standard InChI is InChI=1S/C34H40BrN3O3Si2/c1-33(2,3)43(26-14-10-8-11-15-26,27-16-12-9-13-17-27)41-21-20-34(23-29(35)32(39)31(24-34)42(5,6)7)28-19-18-25(37-38-36)22-30(28)40-4/h8-19,22-24H,20-21H2,1-7H3. The summed E-state index contributed by atoms with van der Waals surface area (Å²) in [6.07, 6.45) is 4.72. The predicted molar refractivity (Wildman–Crippen MR) is 185 cm³/mol. The van der Waals surface area contributed by atoms with E-state index in [-0.39, 0.29) is 10.8 Å². The lowest BCUT2D eigenvalue weighted by Gasteiger charge is -2.44. The summed E-state index contributed by atoms with van der Waals surface area (Å²) in [5, 5.41) is 6.90. The van der Waals surface area contributed by atoms with Gasteiger partial charge in [-0.25, -0.2) is 0 Å². The Morgan fingerprint density at radius 3 is 2.00 bits per heavy atom. The molecule has 0 radical (unpaired) electrons. The van der Waals surface area contributed by atoms with Crippen LogP contribution in [-0.4, -0.2) is 35.9 Å². The molecule has 0 amide bonds. The van der Waals surface area contributed by atoms with Crippen LogP contribution in [0.4, 0.5) is 5.69 Å². The number of hydrogen-bond donors (Lipinski definition) is 0. The van der Waals surface area contributed by atoms with Gasteiger partial charge in [0.15, 0.2) is 5.78 Å². The SMILES string of the molecule is COc1cc(N=[N+]=[N-])ccc1C1(CCO[Si](c2ccccc2)(c2ccccc2)C(C)(C)C)C=C(Br)C(=O)C([Si](C)(C)C)=C1. The van der Waals surface area contributed by atoms with E-state index in [2.05, 4.69) is 121 Å². The van der Waals surface area contributed by atoms with E-state index in [0.717, 1.165) is 10.8 Å². The summed E-state index contributed by atoms with van der Waals surface area (Å²) >= 11 is 3.64. The highest BCUT2D eigenvalue weighted by Crippen LogP contribution is 2.46. The molecule has 0 spiro atoms. The van der Waals surface area contributed by atoms with E-state index in [1.165, 1.54) is 10.4 Å². The van der Waals surface area contributed by atoms with E-state index in [4.69, 9.17) is 14.7 Å². The molecule has 0 saturated heterocycles. The van der Waals surface area contributed by atoms with Gasteiger partial charge in [-0.1, -0.05) is 130 Å². The van der Waals surface area contributed by atoms with Crippen molar-refractivity contribution >= 4 is 54.2 Å². The van der Waals surface area contributed by atoms with Crippen molar-refractivity contribution in [3.8, 4) is 5.75 Å². The Hall–Kier alpha value is -3.21. The van der Waals surface area contributed by atoms with Gasteiger partial charge in [0.25, 0.3) is 8.32 Å². The minimum Gasteiger partial charge on any atom is -0.496 e. The first-order valence-corrected chi connectivity index (χ1v) is 20.6. The number of hydrogen-bond acceptors (Lipinski definition) is 4. The Bertz CT molecular complexity index is 1550. The van der Waals surface area contributed by atoms with Gasteiger partial charge in [0.05, 0.1) is 19.7 Å². The molecule has 4 rings (SSSR count). The highest BCUT2D eigenvalue weighted by atomic mass is 79.9. The fourth-order valence-corrected chi connectivity index (χ4v) is 13.0. The molecule has 1 atom stereocenters. The first kappa shape index (κ1) is 32.7. The summed E-state index contributed by atoms with van der Waals surface area (Å²) in [7, 11) is -3.22. The molecule has 0 bridgehead atoms. The molecule has 9 heteroatoms. The number of ether oxygens (including phenoxy) is 1. The number of benzene rings is 3. The molecular formula is C34H40BrN3O3Si2. The van der Waals surface area contributed by atoms with Crippen molar-refractivity contribution in [3.63, 3.8) is 0 Å². The van der Waals surface area contributed by atoms with Gasteiger partial charge in [0.1, 0.15) is 5.75 Å².